The third kappa shape index (κ3) is 1.61. The number of nitrogen functional groups attached to an aromatic ring is 1. The van der Waals surface area contributed by atoms with Crippen molar-refractivity contribution in [1.29, 1.82) is 0 Å². The van der Waals surface area contributed by atoms with Crippen LogP contribution in [0.4, 0.5) is 5.82 Å². The van der Waals surface area contributed by atoms with Crippen molar-refractivity contribution in [3.05, 3.63) is 6.33 Å². The molecule has 8 nitrogen and oxygen atoms in total. The molecule has 0 unspecified atom stereocenters. The minimum atomic E-state index is -0.173. The number of anilines is 1. The quantitative estimate of drug-likeness (QED) is 0.720. The molecule has 8 heteroatoms. The molecule has 1 saturated heterocycles. The Bertz CT molecular complexity index is 541. The second-order valence-electron chi connectivity index (χ2n) is 3.97. The van der Waals surface area contributed by atoms with Crippen LogP contribution >= 0.6 is 0 Å². The molecule has 0 bridgehead atoms. The lowest BCUT2D eigenvalue weighted by atomic mass is 10.2. The molecule has 3 heterocycles. The van der Waals surface area contributed by atoms with Crippen LogP contribution in [0.1, 0.15) is 19.1 Å². The maximum absolute atomic E-state index is 9.03. The summed E-state index contributed by atoms with van der Waals surface area (Å²) in [6.07, 6.45) is 2.94. The van der Waals surface area contributed by atoms with Crippen LogP contribution in [0.2, 0.25) is 0 Å². The predicted octanol–water partition coefficient (Wildman–Crippen LogP) is -0.527. The van der Waals surface area contributed by atoms with Crippen molar-refractivity contribution >= 4 is 17.0 Å². The number of aromatic nitrogens is 5. The van der Waals surface area contributed by atoms with Crippen LogP contribution in [0.3, 0.4) is 0 Å². The Morgan fingerprint density at radius 3 is 3.12 bits per heavy atom. The zero-order valence-corrected chi connectivity index (χ0v) is 9.02. The maximum atomic E-state index is 9.03. The van der Waals surface area contributed by atoms with Crippen molar-refractivity contribution in [1.82, 2.24) is 25.0 Å². The Morgan fingerprint density at radius 1 is 1.47 bits per heavy atom. The van der Waals surface area contributed by atoms with Crippen LogP contribution in [0.5, 0.6) is 0 Å². The van der Waals surface area contributed by atoms with E-state index in [1.807, 2.05) is 0 Å². The van der Waals surface area contributed by atoms with Crippen molar-refractivity contribution in [2.45, 2.75) is 25.2 Å². The molecule has 0 amide bonds. The third-order valence-corrected chi connectivity index (χ3v) is 2.90. The molecular weight excluding hydrogens is 224 g/mol. The maximum Gasteiger partial charge on any atom is 0.190 e. The minimum Gasteiger partial charge on any atom is -0.394 e. The molecule has 1 aliphatic rings. The van der Waals surface area contributed by atoms with Gasteiger partial charge in [0.25, 0.3) is 0 Å². The number of nitrogens with zero attached hydrogens (tertiary/aromatic N) is 5. The predicted molar refractivity (Wildman–Crippen MR) is 57.8 cm³/mol. The number of aliphatic hydroxyl groups excluding tert-OH is 1. The Kier molecular flexibility index (Phi) is 2.37. The Balaban J connectivity index is 1.99. The Hall–Kier alpha value is -1.80. The minimum absolute atomic E-state index is 0.0263. The number of hydrogen-bond acceptors (Lipinski definition) is 7. The van der Waals surface area contributed by atoms with E-state index in [0.717, 1.165) is 12.8 Å². The zero-order chi connectivity index (χ0) is 11.8. The normalized spacial score (nSPS) is 24.5. The summed E-state index contributed by atoms with van der Waals surface area (Å²) in [6.45, 7) is 0.0263. The molecule has 2 aromatic rings. The fraction of sp³-hybridized carbons (Fsp3) is 0.556. The monoisotopic (exact) mass is 236 g/mol. The molecule has 0 spiro atoms. The van der Waals surface area contributed by atoms with Crippen molar-refractivity contribution in [3.63, 3.8) is 0 Å². The van der Waals surface area contributed by atoms with Crippen molar-refractivity contribution < 1.29 is 9.84 Å². The molecule has 0 aromatic carbocycles. The lowest BCUT2D eigenvalue weighted by molar-refractivity contribution is -0.0207. The lowest BCUT2D eigenvalue weighted by Gasteiger charge is -2.13. The number of ether oxygens (including phenoxy) is 1. The summed E-state index contributed by atoms with van der Waals surface area (Å²) in [5.41, 5.74) is 6.73. The number of fused-ring (bicyclic) bond motifs is 1. The number of hydrogen-bond donors (Lipinski definition) is 2. The second kappa shape index (κ2) is 3.90. The largest absolute Gasteiger partial charge is 0.394 e. The van der Waals surface area contributed by atoms with Gasteiger partial charge in [-0.25, -0.2) is 4.98 Å². The van der Waals surface area contributed by atoms with Gasteiger partial charge in [-0.2, -0.15) is 0 Å². The summed E-state index contributed by atoms with van der Waals surface area (Å²) in [4.78, 5) is 4.14. The van der Waals surface area contributed by atoms with E-state index in [9.17, 15) is 0 Å². The number of aliphatic hydroxyl groups is 1. The molecule has 1 fully saturated rings. The summed E-state index contributed by atoms with van der Waals surface area (Å²) in [5.74, 6) is 0.255. The standard InChI is InChI=1S/C9H12N6O2/c10-8-7-9(13-14-12-8)15(4-11-7)6-2-1-5(3-16)17-6/h4-6,16H,1-3H2,(H2,10,12,13)/t5-,6+/m0/s1. The van der Waals surface area contributed by atoms with Gasteiger partial charge in [0.2, 0.25) is 0 Å². The van der Waals surface area contributed by atoms with Crippen molar-refractivity contribution in [2.24, 2.45) is 0 Å². The van der Waals surface area contributed by atoms with E-state index in [0.29, 0.717) is 11.2 Å². The van der Waals surface area contributed by atoms with E-state index in [1.54, 1.807) is 10.9 Å². The van der Waals surface area contributed by atoms with E-state index < -0.39 is 0 Å². The highest BCUT2D eigenvalue weighted by Crippen LogP contribution is 2.30. The van der Waals surface area contributed by atoms with E-state index >= 15 is 0 Å². The first-order valence-electron chi connectivity index (χ1n) is 5.37. The molecule has 2 aromatic heterocycles. The van der Waals surface area contributed by atoms with Crippen molar-refractivity contribution in [2.75, 3.05) is 12.3 Å². The van der Waals surface area contributed by atoms with Gasteiger partial charge in [0.15, 0.2) is 17.0 Å². The molecule has 0 saturated carbocycles. The fourth-order valence-electron chi connectivity index (χ4n) is 2.03. The van der Waals surface area contributed by atoms with Gasteiger partial charge in [-0.15, -0.1) is 10.2 Å². The summed E-state index contributed by atoms with van der Waals surface area (Å²) in [6, 6.07) is 0. The molecule has 3 rings (SSSR count). The molecule has 0 radical (unpaired) electrons. The van der Waals surface area contributed by atoms with Crippen LogP contribution < -0.4 is 5.73 Å². The Labute approximate surface area is 96.4 Å². The topological polar surface area (TPSA) is 112 Å². The van der Waals surface area contributed by atoms with Gasteiger partial charge in [0.05, 0.1) is 19.0 Å². The molecule has 90 valence electrons. The second-order valence-corrected chi connectivity index (χ2v) is 3.97. The number of rotatable bonds is 2. The van der Waals surface area contributed by atoms with Crippen LogP contribution in [-0.4, -0.2) is 42.8 Å². The Morgan fingerprint density at radius 2 is 2.35 bits per heavy atom. The van der Waals surface area contributed by atoms with Gasteiger partial charge in [-0.1, -0.05) is 0 Å². The van der Waals surface area contributed by atoms with E-state index in [1.165, 1.54) is 0 Å². The average Bonchev–Trinajstić information content (AvgIpc) is 2.94. The van der Waals surface area contributed by atoms with Crippen molar-refractivity contribution in [3.8, 4) is 0 Å². The van der Waals surface area contributed by atoms with E-state index in [2.05, 4.69) is 20.4 Å². The highest BCUT2D eigenvalue weighted by Gasteiger charge is 2.27. The van der Waals surface area contributed by atoms with Gasteiger partial charge >= 0.3 is 0 Å². The average molecular weight is 236 g/mol. The van der Waals surface area contributed by atoms with Gasteiger partial charge in [0.1, 0.15) is 6.23 Å². The smallest absolute Gasteiger partial charge is 0.190 e. The lowest BCUT2D eigenvalue weighted by Crippen LogP contribution is -2.14. The highest BCUT2D eigenvalue weighted by atomic mass is 16.5. The van der Waals surface area contributed by atoms with Gasteiger partial charge < -0.3 is 15.6 Å². The van der Waals surface area contributed by atoms with E-state index in [4.69, 9.17) is 15.6 Å². The fourth-order valence-corrected chi connectivity index (χ4v) is 2.03. The molecular formula is C9H12N6O2. The van der Waals surface area contributed by atoms with Crippen LogP contribution in [-0.2, 0) is 4.74 Å². The van der Waals surface area contributed by atoms with Crippen LogP contribution in [0.25, 0.3) is 11.2 Å². The summed E-state index contributed by atoms with van der Waals surface area (Å²) < 4.78 is 7.42. The molecule has 1 aliphatic heterocycles. The molecule has 3 N–H and O–H groups in total. The first-order chi connectivity index (χ1) is 8.29. The molecule has 17 heavy (non-hydrogen) atoms. The van der Waals surface area contributed by atoms with Gasteiger partial charge in [-0.3, -0.25) is 4.57 Å². The summed E-state index contributed by atoms with van der Waals surface area (Å²) in [7, 11) is 0. The third-order valence-electron chi connectivity index (χ3n) is 2.90. The number of imidazole rings is 1. The van der Waals surface area contributed by atoms with Gasteiger partial charge in [-0.05, 0) is 18.1 Å². The number of nitrogens with two attached hydrogens (primary N) is 1. The highest BCUT2D eigenvalue weighted by molar-refractivity contribution is 5.80. The SMILES string of the molecule is Nc1nnnc2c1ncn2[C@H]1CC[C@@H](CO)O1. The van der Waals surface area contributed by atoms with Crippen LogP contribution in [0.15, 0.2) is 6.33 Å². The first kappa shape index (κ1) is 10.4. The van der Waals surface area contributed by atoms with Crippen LogP contribution in [0, 0.1) is 0 Å². The summed E-state index contributed by atoms with van der Waals surface area (Å²) >= 11 is 0. The first-order valence-corrected chi connectivity index (χ1v) is 5.37. The van der Waals surface area contributed by atoms with E-state index in [-0.39, 0.29) is 24.8 Å². The molecule has 2 atom stereocenters. The van der Waals surface area contributed by atoms with Gasteiger partial charge in [0, 0.05) is 0 Å². The zero-order valence-electron chi connectivity index (χ0n) is 9.02. The molecule has 0 aliphatic carbocycles. The summed E-state index contributed by atoms with van der Waals surface area (Å²) in [5, 5.41) is 20.1.